The van der Waals surface area contributed by atoms with Crippen LogP contribution in [0, 0.1) is 0 Å². The van der Waals surface area contributed by atoms with Crippen LogP contribution in [0.3, 0.4) is 0 Å². The molecule has 0 aliphatic carbocycles. The highest BCUT2D eigenvalue weighted by molar-refractivity contribution is 5.80. The predicted octanol–water partition coefficient (Wildman–Crippen LogP) is 2.13. The minimum absolute atomic E-state index is 0.144. The topological polar surface area (TPSA) is 47.6 Å². The zero-order valence-corrected chi connectivity index (χ0v) is 11.0. The summed E-state index contributed by atoms with van der Waals surface area (Å²) in [6.45, 7) is -1.87. The van der Waals surface area contributed by atoms with Crippen molar-refractivity contribution in [2.75, 3.05) is 13.2 Å². The number of halogens is 2. The van der Waals surface area contributed by atoms with Crippen molar-refractivity contribution in [1.82, 2.24) is 5.32 Å². The Hall–Kier alpha value is -1.69. The van der Waals surface area contributed by atoms with Crippen LogP contribution in [0.15, 0.2) is 24.3 Å². The number of carbonyl (C=O) groups excluding carboxylic acids is 1. The van der Waals surface area contributed by atoms with Gasteiger partial charge in [0.2, 0.25) is 5.91 Å². The summed E-state index contributed by atoms with van der Waals surface area (Å²) in [6, 6.07) is 6.57. The smallest absolute Gasteiger partial charge is 0.387 e. The molecule has 1 aliphatic rings. The van der Waals surface area contributed by atoms with Gasteiger partial charge < -0.3 is 14.8 Å². The van der Waals surface area contributed by atoms with Gasteiger partial charge in [0.05, 0.1) is 0 Å². The van der Waals surface area contributed by atoms with E-state index in [4.69, 9.17) is 4.74 Å². The summed E-state index contributed by atoms with van der Waals surface area (Å²) in [4.78, 5) is 11.7. The van der Waals surface area contributed by atoms with Gasteiger partial charge in [0.25, 0.3) is 0 Å². The van der Waals surface area contributed by atoms with Gasteiger partial charge in [-0.05, 0) is 30.9 Å². The van der Waals surface area contributed by atoms with Crippen LogP contribution in [0.5, 0.6) is 5.75 Å². The largest absolute Gasteiger partial charge is 0.435 e. The molecule has 1 unspecified atom stereocenters. The molecular formula is C14H17F2NO3. The Bertz CT molecular complexity index is 448. The van der Waals surface area contributed by atoms with Crippen LogP contribution >= 0.6 is 0 Å². The minimum atomic E-state index is -2.85. The van der Waals surface area contributed by atoms with Gasteiger partial charge >= 0.3 is 6.61 Å². The Labute approximate surface area is 116 Å². The monoisotopic (exact) mass is 285 g/mol. The summed E-state index contributed by atoms with van der Waals surface area (Å²) >= 11 is 0. The van der Waals surface area contributed by atoms with Gasteiger partial charge in [-0.25, -0.2) is 0 Å². The first-order valence-corrected chi connectivity index (χ1v) is 6.59. The predicted molar refractivity (Wildman–Crippen MR) is 68.8 cm³/mol. The maximum atomic E-state index is 12.2. The molecule has 0 radical (unpaired) electrons. The lowest BCUT2D eigenvalue weighted by Crippen LogP contribution is -2.35. The summed E-state index contributed by atoms with van der Waals surface area (Å²) in [5, 5.41) is 2.75. The van der Waals surface area contributed by atoms with Crippen LogP contribution in [0.1, 0.15) is 18.4 Å². The van der Waals surface area contributed by atoms with E-state index in [-0.39, 0.29) is 17.8 Å². The van der Waals surface area contributed by atoms with E-state index in [2.05, 4.69) is 10.1 Å². The fourth-order valence-corrected chi connectivity index (χ4v) is 2.14. The van der Waals surface area contributed by atoms with E-state index in [0.717, 1.165) is 12.8 Å². The van der Waals surface area contributed by atoms with Gasteiger partial charge in [-0.1, -0.05) is 18.2 Å². The number of nitrogens with one attached hydrogen (secondary N) is 1. The quantitative estimate of drug-likeness (QED) is 0.871. The maximum Gasteiger partial charge on any atom is 0.387 e. The highest BCUT2D eigenvalue weighted by Crippen LogP contribution is 2.20. The van der Waals surface area contributed by atoms with Crippen molar-refractivity contribution >= 4 is 5.91 Å². The normalized spacial score (nSPS) is 18.2. The van der Waals surface area contributed by atoms with Crippen LogP contribution in [0.2, 0.25) is 0 Å². The summed E-state index contributed by atoms with van der Waals surface area (Å²) in [6.07, 6.45) is 1.68. The Balaban J connectivity index is 1.82. The third-order valence-electron chi connectivity index (χ3n) is 3.10. The first-order chi connectivity index (χ1) is 9.66. The third kappa shape index (κ3) is 4.16. The van der Waals surface area contributed by atoms with E-state index < -0.39 is 6.61 Å². The lowest BCUT2D eigenvalue weighted by molar-refractivity contribution is -0.130. The van der Waals surface area contributed by atoms with Crippen LogP contribution in [0.25, 0.3) is 0 Å². The molecule has 1 N–H and O–H groups in total. The third-order valence-corrected chi connectivity index (χ3v) is 3.10. The van der Waals surface area contributed by atoms with Crippen LogP contribution in [-0.2, 0) is 16.0 Å². The molecule has 1 aromatic carbocycles. The van der Waals surface area contributed by atoms with Gasteiger partial charge in [-0.2, -0.15) is 8.78 Å². The van der Waals surface area contributed by atoms with Crippen LogP contribution in [-0.4, -0.2) is 31.8 Å². The van der Waals surface area contributed by atoms with Crippen molar-refractivity contribution in [2.24, 2.45) is 0 Å². The molecule has 1 fully saturated rings. The van der Waals surface area contributed by atoms with E-state index in [1.165, 1.54) is 6.07 Å². The molecule has 20 heavy (non-hydrogen) atoms. The number of carbonyl (C=O) groups is 1. The van der Waals surface area contributed by atoms with Gasteiger partial charge in [0.1, 0.15) is 11.9 Å². The van der Waals surface area contributed by atoms with Crippen LogP contribution in [0.4, 0.5) is 8.78 Å². The van der Waals surface area contributed by atoms with E-state index in [0.29, 0.717) is 25.1 Å². The zero-order chi connectivity index (χ0) is 14.4. The number of hydrogen-bond acceptors (Lipinski definition) is 3. The Morgan fingerprint density at radius 2 is 2.25 bits per heavy atom. The average molecular weight is 285 g/mol. The van der Waals surface area contributed by atoms with Gasteiger partial charge in [0.15, 0.2) is 0 Å². The standard InChI is InChI=1S/C14H17F2NO3/c15-14(16)20-11-5-2-1-4-10(11)7-8-17-13(18)12-6-3-9-19-12/h1-2,4-5,12,14H,3,6-9H2,(H,17,18). The molecule has 110 valence electrons. The number of ether oxygens (including phenoxy) is 2. The van der Waals surface area contributed by atoms with Crippen molar-refractivity contribution in [1.29, 1.82) is 0 Å². The molecule has 2 rings (SSSR count). The minimum Gasteiger partial charge on any atom is -0.435 e. The Kier molecular flexibility index (Phi) is 5.29. The van der Waals surface area contributed by atoms with E-state index in [9.17, 15) is 13.6 Å². The number of alkyl halides is 2. The van der Waals surface area contributed by atoms with Crippen molar-refractivity contribution < 1.29 is 23.0 Å². The SMILES string of the molecule is O=C(NCCc1ccccc1OC(F)F)C1CCCO1. The second kappa shape index (κ2) is 7.19. The fraction of sp³-hybridized carbons (Fsp3) is 0.500. The number of benzene rings is 1. The number of rotatable bonds is 6. The van der Waals surface area contributed by atoms with Gasteiger partial charge in [-0.15, -0.1) is 0 Å². The molecule has 0 saturated carbocycles. The van der Waals surface area contributed by atoms with E-state index in [1.54, 1.807) is 18.2 Å². The molecule has 0 bridgehead atoms. The highest BCUT2D eigenvalue weighted by atomic mass is 19.3. The van der Waals surface area contributed by atoms with Gasteiger partial charge in [-0.3, -0.25) is 4.79 Å². The number of amides is 1. The molecule has 1 aromatic rings. The lowest BCUT2D eigenvalue weighted by atomic mass is 10.1. The first kappa shape index (κ1) is 14.7. The molecule has 1 saturated heterocycles. The Morgan fingerprint density at radius 3 is 2.95 bits per heavy atom. The number of para-hydroxylation sites is 1. The molecule has 0 aromatic heterocycles. The van der Waals surface area contributed by atoms with Crippen molar-refractivity contribution in [3.05, 3.63) is 29.8 Å². The molecule has 1 heterocycles. The fourth-order valence-electron chi connectivity index (χ4n) is 2.14. The summed E-state index contributed by atoms with van der Waals surface area (Å²) < 4.78 is 34.2. The van der Waals surface area contributed by atoms with E-state index in [1.807, 2.05) is 0 Å². The highest BCUT2D eigenvalue weighted by Gasteiger charge is 2.22. The zero-order valence-electron chi connectivity index (χ0n) is 11.0. The summed E-state index contributed by atoms with van der Waals surface area (Å²) in [5.41, 5.74) is 0.639. The number of hydrogen-bond donors (Lipinski definition) is 1. The second-order valence-electron chi connectivity index (χ2n) is 4.53. The molecule has 0 spiro atoms. The molecular weight excluding hydrogens is 268 g/mol. The molecule has 1 amide bonds. The Morgan fingerprint density at radius 1 is 1.45 bits per heavy atom. The second-order valence-corrected chi connectivity index (χ2v) is 4.53. The van der Waals surface area contributed by atoms with E-state index >= 15 is 0 Å². The molecule has 6 heteroatoms. The van der Waals surface area contributed by atoms with Crippen molar-refractivity contribution in [3.8, 4) is 5.75 Å². The average Bonchev–Trinajstić information content (AvgIpc) is 2.94. The maximum absolute atomic E-state index is 12.2. The first-order valence-electron chi connectivity index (χ1n) is 6.59. The summed E-state index contributed by atoms with van der Waals surface area (Å²) in [5.74, 6) is 0.00336. The molecule has 1 aliphatic heterocycles. The van der Waals surface area contributed by atoms with Crippen LogP contribution < -0.4 is 10.1 Å². The van der Waals surface area contributed by atoms with Crippen molar-refractivity contribution in [3.63, 3.8) is 0 Å². The summed E-state index contributed by atoms with van der Waals surface area (Å²) in [7, 11) is 0. The molecule has 1 atom stereocenters. The van der Waals surface area contributed by atoms with Gasteiger partial charge in [0, 0.05) is 13.2 Å². The van der Waals surface area contributed by atoms with Crippen molar-refractivity contribution in [2.45, 2.75) is 32.0 Å². The molecule has 4 nitrogen and oxygen atoms in total. The lowest BCUT2D eigenvalue weighted by Gasteiger charge is -2.12.